The number of thiophene rings is 1. The van der Waals surface area contributed by atoms with E-state index in [9.17, 15) is 0 Å². The Morgan fingerprint density at radius 2 is 1.55 bits per heavy atom. The number of unbranched alkanes of at least 4 members (excludes halogenated alkanes) is 9. The zero-order chi connectivity index (χ0) is 14.5. The van der Waals surface area contributed by atoms with Crippen LogP contribution in [0.15, 0.2) is 17.5 Å². The molecule has 1 N–H and O–H groups in total. The van der Waals surface area contributed by atoms with E-state index in [-0.39, 0.29) is 0 Å². The van der Waals surface area contributed by atoms with Crippen molar-refractivity contribution in [3.05, 3.63) is 22.4 Å². The van der Waals surface area contributed by atoms with Crippen LogP contribution in [0.3, 0.4) is 0 Å². The van der Waals surface area contributed by atoms with Crippen LogP contribution in [0, 0.1) is 0 Å². The highest BCUT2D eigenvalue weighted by atomic mass is 32.1. The predicted octanol–water partition coefficient (Wildman–Crippen LogP) is 6.32. The van der Waals surface area contributed by atoms with Crippen LogP contribution in [0.5, 0.6) is 0 Å². The zero-order valence-electron chi connectivity index (χ0n) is 13.5. The van der Waals surface area contributed by atoms with E-state index in [1.165, 1.54) is 69.1 Å². The maximum atomic E-state index is 3.62. The van der Waals surface area contributed by atoms with E-state index < -0.39 is 0 Å². The lowest BCUT2D eigenvalue weighted by atomic mass is 10.1. The highest BCUT2D eigenvalue weighted by Crippen LogP contribution is 2.18. The summed E-state index contributed by atoms with van der Waals surface area (Å²) in [6.07, 6.45) is 14.1. The molecule has 0 aliphatic heterocycles. The Balaban J connectivity index is 1.81. The van der Waals surface area contributed by atoms with E-state index >= 15 is 0 Å². The molecule has 0 radical (unpaired) electrons. The van der Waals surface area contributed by atoms with Gasteiger partial charge in [0.25, 0.3) is 0 Å². The molecule has 1 nitrogen and oxygen atoms in total. The molecule has 1 unspecified atom stereocenters. The Bertz CT molecular complexity index is 294. The maximum Gasteiger partial charge on any atom is 0.0386 e. The van der Waals surface area contributed by atoms with Crippen molar-refractivity contribution in [2.45, 2.75) is 84.1 Å². The molecule has 0 aromatic carbocycles. The van der Waals surface area contributed by atoms with Crippen LogP contribution in [0.25, 0.3) is 0 Å². The molecular weight excluding hydrogens is 262 g/mol. The molecule has 0 aliphatic carbocycles. The minimum absolute atomic E-state index is 0.522. The van der Waals surface area contributed by atoms with Crippen molar-refractivity contribution in [2.75, 3.05) is 6.54 Å². The van der Waals surface area contributed by atoms with E-state index in [1.807, 2.05) is 11.3 Å². The van der Waals surface area contributed by atoms with Gasteiger partial charge in [0.05, 0.1) is 0 Å². The van der Waals surface area contributed by atoms with Crippen molar-refractivity contribution in [1.82, 2.24) is 5.32 Å². The van der Waals surface area contributed by atoms with Crippen molar-refractivity contribution >= 4 is 11.3 Å². The van der Waals surface area contributed by atoms with E-state index in [0.29, 0.717) is 6.04 Å². The molecule has 0 fully saturated rings. The molecule has 1 aromatic heterocycles. The summed E-state index contributed by atoms with van der Waals surface area (Å²) in [6.45, 7) is 5.71. The van der Waals surface area contributed by atoms with Gasteiger partial charge in [-0.2, -0.15) is 0 Å². The van der Waals surface area contributed by atoms with Crippen molar-refractivity contribution in [1.29, 1.82) is 0 Å². The van der Waals surface area contributed by atoms with Crippen LogP contribution in [0.2, 0.25) is 0 Å². The summed E-state index contributed by atoms with van der Waals surface area (Å²) < 4.78 is 0. The standard InChI is InChI=1S/C18H33NS/c1-3-4-5-6-7-8-9-10-11-12-15-19-17(2)18-14-13-16-20-18/h13-14,16-17,19H,3-12,15H2,1-2H3. The number of nitrogens with one attached hydrogen (secondary N) is 1. The van der Waals surface area contributed by atoms with Crippen LogP contribution < -0.4 is 5.32 Å². The second-order valence-corrected chi connectivity index (χ2v) is 6.85. The molecule has 1 aromatic rings. The van der Waals surface area contributed by atoms with Crippen LogP contribution in [-0.4, -0.2) is 6.54 Å². The zero-order valence-corrected chi connectivity index (χ0v) is 14.3. The summed E-state index contributed by atoms with van der Waals surface area (Å²) in [5, 5.41) is 5.78. The van der Waals surface area contributed by atoms with Gasteiger partial charge < -0.3 is 5.32 Å². The summed E-state index contributed by atoms with van der Waals surface area (Å²) >= 11 is 1.85. The third kappa shape index (κ3) is 8.76. The fourth-order valence-corrected chi connectivity index (χ4v) is 3.33. The van der Waals surface area contributed by atoms with Crippen LogP contribution in [0.4, 0.5) is 0 Å². The summed E-state index contributed by atoms with van der Waals surface area (Å²) in [5.74, 6) is 0. The monoisotopic (exact) mass is 295 g/mol. The SMILES string of the molecule is CCCCCCCCCCCCNC(C)c1cccs1. The number of hydrogen-bond donors (Lipinski definition) is 1. The molecule has 2 heteroatoms. The average molecular weight is 296 g/mol. The third-order valence-corrected chi connectivity index (χ3v) is 5.01. The topological polar surface area (TPSA) is 12.0 Å². The first kappa shape index (κ1) is 17.7. The van der Waals surface area contributed by atoms with Gasteiger partial charge in [-0.1, -0.05) is 70.8 Å². The normalized spacial score (nSPS) is 12.7. The van der Waals surface area contributed by atoms with Gasteiger partial charge in [-0.15, -0.1) is 11.3 Å². The van der Waals surface area contributed by atoms with Crippen LogP contribution in [-0.2, 0) is 0 Å². The number of rotatable bonds is 13. The number of hydrogen-bond acceptors (Lipinski definition) is 2. The van der Waals surface area contributed by atoms with Crippen molar-refractivity contribution < 1.29 is 0 Å². The molecule has 0 spiro atoms. The summed E-state index contributed by atoms with van der Waals surface area (Å²) in [6, 6.07) is 4.88. The van der Waals surface area contributed by atoms with Crippen molar-refractivity contribution in [3.63, 3.8) is 0 Å². The minimum atomic E-state index is 0.522. The van der Waals surface area contributed by atoms with Crippen LogP contribution >= 0.6 is 11.3 Å². The highest BCUT2D eigenvalue weighted by Gasteiger charge is 2.04. The molecule has 1 atom stereocenters. The quantitative estimate of drug-likeness (QED) is 0.420. The van der Waals surface area contributed by atoms with E-state index in [0.717, 1.165) is 6.54 Å². The summed E-state index contributed by atoms with van der Waals surface area (Å²) in [4.78, 5) is 1.46. The molecule has 0 aliphatic rings. The first-order valence-electron chi connectivity index (χ1n) is 8.61. The molecule has 116 valence electrons. The van der Waals surface area contributed by atoms with E-state index in [1.54, 1.807) is 0 Å². The van der Waals surface area contributed by atoms with Gasteiger partial charge in [0.2, 0.25) is 0 Å². The minimum Gasteiger partial charge on any atom is -0.309 e. The van der Waals surface area contributed by atoms with Gasteiger partial charge in [-0.05, 0) is 31.3 Å². The van der Waals surface area contributed by atoms with Gasteiger partial charge >= 0.3 is 0 Å². The smallest absolute Gasteiger partial charge is 0.0386 e. The Kier molecular flexibility index (Phi) is 11.0. The first-order chi connectivity index (χ1) is 9.84. The second kappa shape index (κ2) is 12.4. The molecule has 0 saturated carbocycles. The van der Waals surface area contributed by atoms with E-state index in [2.05, 4.69) is 36.7 Å². The molecule has 1 rings (SSSR count). The van der Waals surface area contributed by atoms with Crippen molar-refractivity contribution in [3.8, 4) is 0 Å². The maximum absolute atomic E-state index is 3.62. The Hall–Kier alpha value is -0.340. The first-order valence-corrected chi connectivity index (χ1v) is 9.49. The predicted molar refractivity (Wildman–Crippen MR) is 92.6 cm³/mol. The van der Waals surface area contributed by atoms with Crippen LogP contribution in [0.1, 0.15) is 89.0 Å². The molecule has 0 saturated heterocycles. The molecule has 1 heterocycles. The van der Waals surface area contributed by atoms with Gasteiger partial charge in [-0.3, -0.25) is 0 Å². The lowest BCUT2D eigenvalue weighted by Crippen LogP contribution is -2.18. The molecule has 20 heavy (non-hydrogen) atoms. The summed E-state index contributed by atoms with van der Waals surface area (Å²) in [5.41, 5.74) is 0. The average Bonchev–Trinajstić information content (AvgIpc) is 2.99. The second-order valence-electron chi connectivity index (χ2n) is 5.87. The Labute approximate surface area is 130 Å². The summed E-state index contributed by atoms with van der Waals surface area (Å²) in [7, 11) is 0. The lowest BCUT2D eigenvalue weighted by Gasteiger charge is -2.11. The Morgan fingerprint density at radius 3 is 2.10 bits per heavy atom. The molecular formula is C18H33NS. The molecule has 0 amide bonds. The molecule has 0 bridgehead atoms. The largest absolute Gasteiger partial charge is 0.309 e. The van der Waals surface area contributed by atoms with Gasteiger partial charge in [-0.25, -0.2) is 0 Å². The Morgan fingerprint density at radius 1 is 0.950 bits per heavy atom. The van der Waals surface area contributed by atoms with Gasteiger partial charge in [0.1, 0.15) is 0 Å². The lowest BCUT2D eigenvalue weighted by molar-refractivity contribution is 0.521. The fraction of sp³-hybridized carbons (Fsp3) is 0.778. The highest BCUT2D eigenvalue weighted by molar-refractivity contribution is 7.10. The van der Waals surface area contributed by atoms with E-state index in [4.69, 9.17) is 0 Å². The van der Waals surface area contributed by atoms with Gasteiger partial charge in [0, 0.05) is 10.9 Å². The fourth-order valence-electron chi connectivity index (χ4n) is 2.57. The third-order valence-electron chi connectivity index (χ3n) is 3.95. The van der Waals surface area contributed by atoms with Crippen molar-refractivity contribution in [2.24, 2.45) is 0 Å². The van der Waals surface area contributed by atoms with Gasteiger partial charge in [0.15, 0.2) is 0 Å².